The Morgan fingerprint density at radius 1 is 1.04 bits per heavy atom. The molecule has 2 aromatic rings. The van der Waals surface area contributed by atoms with Gasteiger partial charge in [-0.25, -0.2) is 4.39 Å². The summed E-state index contributed by atoms with van der Waals surface area (Å²) in [5.74, 6) is -2.00. The Bertz CT molecular complexity index is 783. The molecular formula is C18H17F4NO3. The Kier molecular flexibility index (Phi) is 5.74. The number of nitrogens with zero attached hydrogens (tertiary/aromatic N) is 1. The molecule has 0 atom stereocenters. The number of alkyl halides is 3. The van der Waals surface area contributed by atoms with Crippen molar-refractivity contribution in [2.75, 3.05) is 25.7 Å². The van der Waals surface area contributed by atoms with Gasteiger partial charge in [0.2, 0.25) is 0 Å². The van der Waals surface area contributed by atoms with Gasteiger partial charge in [-0.3, -0.25) is 4.79 Å². The lowest BCUT2D eigenvalue weighted by molar-refractivity contribution is -0.0884. The smallest absolute Gasteiger partial charge is 0.454 e. The van der Waals surface area contributed by atoms with Gasteiger partial charge >= 0.3 is 6.18 Å². The Balaban J connectivity index is 2.64. The maximum Gasteiger partial charge on any atom is 0.454 e. The number of hydrogen-bond donors (Lipinski definition) is 0. The van der Waals surface area contributed by atoms with Crippen LogP contribution in [0.5, 0.6) is 11.5 Å². The maximum atomic E-state index is 13.7. The summed E-state index contributed by atoms with van der Waals surface area (Å²) >= 11 is 0. The van der Waals surface area contributed by atoms with E-state index in [0.29, 0.717) is 17.2 Å². The van der Waals surface area contributed by atoms with E-state index < -0.39 is 23.3 Å². The van der Waals surface area contributed by atoms with Crippen molar-refractivity contribution in [3.05, 3.63) is 47.8 Å². The summed E-state index contributed by atoms with van der Waals surface area (Å²) in [6.45, 7) is 1.84. The van der Waals surface area contributed by atoms with Gasteiger partial charge in [-0.2, -0.15) is 13.2 Å². The van der Waals surface area contributed by atoms with Crippen LogP contribution in [-0.4, -0.2) is 32.7 Å². The van der Waals surface area contributed by atoms with Gasteiger partial charge in [0.05, 0.1) is 25.5 Å². The minimum Gasteiger partial charge on any atom is -0.497 e. The first-order valence-corrected chi connectivity index (χ1v) is 7.63. The summed E-state index contributed by atoms with van der Waals surface area (Å²) in [5, 5.41) is 0. The van der Waals surface area contributed by atoms with Gasteiger partial charge in [0, 0.05) is 30.4 Å². The number of methoxy groups -OCH3 is 2. The lowest BCUT2D eigenvalue weighted by atomic mass is 10.1. The van der Waals surface area contributed by atoms with Crippen molar-refractivity contribution in [1.82, 2.24) is 0 Å². The number of halogens is 4. The molecule has 0 spiro atoms. The third-order valence-electron chi connectivity index (χ3n) is 3.72. The Hall–Kier alpha value is -2.77. The van der Waals surface area contributed by atoms with Gasteiger partial charge in [0.25, 0.3) is 5.78 Å². The zero-order valence-electron chi connectivity index (χ0n) is 14.4. The zero-order chi connectivity index (χ0) is 19.5. The molecule has 0 radical (unpaired) electrons. The van der Waals surface area contributed by atoms with Crippen molar-refractivity contribution in [2.45, 2.75) is 13.1 Å². The normalized spacial score (nSPS) is 11.2. The number of Topliss-reactive ketones (excluding diaryl/α,β-unsaturated/α-hetero) is 1. The van der Waals surface area contributed by atoms with Gasteiger partial charge in [-0.1, -0.05) is 0 Å². The second-order valence-corrected chi connectivity index (χ2v) is 5.30. The van der Waals surface area contributed by atoms with Gasteiger partial charge in [0.15, 0.2) is 0 Å². The molecule has 8 heteroatoms. The number of anilines is 2. The fourth-order valence-corrected chi connectivity index (χ4v) is 2.51. The zero-order valence-corrected chi connectivity index (χ0v) is 14.4. The topological polar surface area (TPSA) is 38.8 Å². The van der Waals surface area contributed by atoms with Crippen LogP contribution in [0.1, 0.15) is 17.3 Å². The van der Waals surface area contributed by atoms with Crippen LogP contribution < -0.4 is 14.4 Å². The minimum absolute atomic E-state index is 0.178. The van der Waals surface area contributed by atoms with Crippen molar-refractivity contribution in [2.24, 2.45) is 0 Å². The van der Waals surface area contributed by atoms with E-state index in [1.54, 1.807) is 25.1 Å². The molecule has 0 aliphatic heterocycles. The highest BCUT2D eigenvalue weighted by Gasteiger charge is 2.41. The highest BCUT2D eigenvalue weighted by atomic mass is 19.4. The minimum atomic E-state index is -5.07. The lowest BCUT2D eigenvalue weighted by Gasteiger charge is -2.26. The van der Waals surface area contributed by atoms with E-state index >= 15 is 0 Å². The fraction of sp³-hybridized carbons (Fsp3) is 0.278. The van der Waals surface area contributed by atoms with E-state index in [2.05, 4.69) is 0 Å². The largest absolute Gasteiger partial charge is 0.497 e. The van der Waals surface area contributed by atoms with Gasteiger partial charge < -0.3 is 14.4 Å². The number of carbonyl (C=O) groups is 1. The standard InChI is InChI=1S/C18H17F4NO3/c1-4-23(12-8-13(25-2)10-14(9-12)26-3)16-7-11(19)5-6-15(16)17(24)18(20,21)22/h5-10H,4H2,1-3H3. The Morgan fingerprint density at radius 2 is 1.62 bits per heavy atom. The summed E-state index contributed by atoms with van der Waals surface area (Å²) in [6.07, 6.45) is -5.07. The quantitative estimate of drug-likeness (QED) is 0.543. The SMILES string of the molecule is CCN(c1cc(OC)cc(OC)c1)c1cc(F)ccc1C(=O)C(F)(F)F. The van der Waals surface area contributed by atoms with Crippen molar-refractivity contribution in [1.29, 1.82) is 0 Å². The molecule has 4 nitrogen and oxygen atoms in total. The summed E-state index contributed by atoms with van der Waals surface area (Å²) in [4.78, 5) is 13.2. The number of carbonyl (C=O) groups excluding carboxylic acids is 1. The first-order valence-electron chi connectivity index (χ1n) is 7.63. The molecule has 0 aromatic heterocycles. The molecular weight excluding hydrogens is 354 g/mol. The summed E-state index contributed by atoms with van der Waals surface area (Å²) in [5.41, 5.74) is -0.432. The molecule has 26 heavy (non-hydrogen) atoms. The molecule has 2 rings (SSSR count). The summed E-state index contributed by atoms with van der Waals surface area (Å²) in [7, 11) is 2.85. The average Bonchev–Trinajstić information content (AvgIpc) is 2.61. The molecule has 2 aromatic carbocycles. The van der Waals surface area contributed by atoms with Gasteiger partial charge in [-0.15, -0.1) is 0 Å². The highest BCUT2D eigenvalue weighted by Crippen LogP contribution is 2.36. The van der Waals surface area contributed by atoms with E-state index in [1.165, 1.54) is 19.1 Å². The van der Waals surface area contributed by atoms with Crippen LogP contribution >= 0.6 is 0 Å². The second-order valence-electron chi connectivity index (χ2n) is 5.30. The third kappa shape index (κ3) is 4.07. The molecule has 0 aliphatic carbocycles. The monoisotopic (exact) mass is 371 g/mol. The van der Waals surface area contributed by atoms with E-state index in [4.69, 9.17) is 9.47 Å². The number of hydrogen-bond acceptors (Lipinski definition) is 4. The number of ketones is 1. The van der Waals surface area contributed by atoms with Crippen LogP contribution in [0.2, 0.25) is 0 Å². The molecule has 0 N–H and O–H groups in total. The Labute approximate surface area is 147 Å². The van der Waals surface area contributed by atoms with Crippen LogP contribution in [-0.2, 0) is 0 Å². The van der Waals surface area contributed by atoms with Crippen LogP contribution in [0.25, 0.3) is 0 Å². The second kappa shape index (κ2) is 7.63. The average molecular weight is 371 g/mol. The van der Waals surface area contributed by atoms with Crippen molar-refractivity contribution in [3.8, 4) is 11.5 Å². The fourth-order valence-electron chi connectivity index (χ4n) is 2.51. The number of ether oxygens (including phenoxy) is 2. The number of rotatable bonds is 6. The highest BCUT2D eigenvalue weighted by molar-refractivity contribution is 6.05. The van der Waals surface area contributed by atoms with E-state index in [1.807, 2.05) is 0 Å². The maximum absolute atomic E-state index is 13.7. The number of benzene rings is 2. The molecule has 0 aliphatic rings. The van der Waals surface area contributed by atoms with Crippen molar-refractivity contribution < 1.29 is 31.8 Å². The molecule has 0 amide bonds. The third-order valence-corrected chi connectivity index (χ3v) is 3.72. The van der Waals surface area contributed by atoms with Crippen LogP contribution in [0, 0.1) is 5.82 Å². The first-order chi connectivity index (χ1) is 12.2. The molecule has 0 bridgehead atoms. The van der Waals surface area contributed by atoms with E-state index in [9.17, 15) is 22.4 Å². The summed E-state index contributed by atoms with van der Waals surface area (Å²) in [6, 6.07) is 7.25. The summed E-state index contributed by atoms with van der Waals surface area (Å²) < 4.78 is 62.8. The van der Waals surface area contributed by atoms with Crippen LogP contribution in [0.15, 0.2) is 36.4 Å². The van der Waals surface area contributed by atoms with E-state index in [0.717, 1.165) is 18.2 Å². The lowest BCUT2D eigenvalue weighted by Crippen LogP contribution is -2.26. The predicted molar refractivity (Wildman–Crippen MR) is 89.0 cm³/mol. The predicted octanol–water partition coefficient (Wildman–Crippen LogP) is 4.75. The van der Waals surface area contributed by atoms with Crippen LogP contribution in [0.3, 0.4) is 0 Å². The van der Waals surface area contributed by atoms with Gasteiger partial charge in [-0.05, 0) is 25.1 Å². The van der Waals surface area contributed by atoms with Crippen LogP contribution in [0.4, 0.5) is 28.9 Å². The first kappa shape index (κ1) is 19.6. The Morgan fingerprint density at radius 3 is 2.08 bits per heavy atom. The molecule has 140 valence electrons. The van der Waals surface area contributed by atoms with Crippen molar-refractivity contribution in [3.63, 3.8) is 0 Å². The molecule has 0 fully saturated rings. The molecule has 0 unspecified atom stereocenters. The molecule has 0 saturated heterocycles. The molecule has 0 saturated carbocycles. The molecule has 0 heterocycles. The van der Waals surface area contributed by atoms with E-state index in [-0.39, 0.29) is 12.2 Å². The van der Waals surface area contributed by atoms with Crippen molar-refractivity contribution >= 4 is 17.2 Å². The van der Waals surface area contributed by atoms with Gasteiger partial charge in [0.1, 0.15) is 17.3 Å².